The van der Waals surface area contributed by atoms with Gasteiger partial charge in [-0.2, -0.15) is 0 Å². The first-order chi connectivity index (χ1) is 25.1. The average Bonchev–Trinajstić information content (AvgIpc) is 3.63. The summed E-state index contributed by atoms with van der Waals surface area (Å²) < 4.78 is 11.6. The number of likely N-dealkylation sites (N-methyl/N-ethyl adjacent to an activating group) is 1. The van der Waals surface area contributed by atoms with Crippen molar-refractivity contribution in [2.45, 2.75) is 130 Å². The van der Waals surface area contributed by atoms with Crippen LogP contribution in [0.2, 0.25) is 0 Å². The van der Waals surface area contributed by atoms with Gasteiger partial charge in [-0.15, -0.1) is 0 Å². The van der Waals surface area contributed by atoms with E-state index in [0.29, 0.717) is 25.4 Å². The third-order valence-corrected chi connectivity index (χ3v) is 9.99. The van der Waals surface area contributed by atoms with E-state index in [1.165, 1.54) is 25.5 Å². The largest absolute Gasteiger partial charge is 0.480 e. The van der Waals surface area contributed by atoms with Crippen LogP contribution in [0.3, 0.4) is 0 Å². The van der Waals surface area contributed by atoms with Crippen LogP contribution in [0.15, 0.2) is 30.3 Å². The molecule has 0 saturated carbocycles. The van der Waals surface area contributed by atoms with E-state index in [0.717, 1.165) is 24.3 Å². The molecule has 13 nitrogen and oxygen atoms in total. The van der Waals surface area contributed by atoms with Gasteiger partial charge in [-0.3, -0.25) is 19.2 Å². The summed E-state index contributed by atoms with van der Waals surface area (Å²) in [6.07, 6.45) is 2.67. The second-order valence-electron chi connectivity index (χ2n) is 14.3. The Hall–Kier alpha value is -3.55. The topological polar surface area (TPSA) is 167 Å². The summed E-state index contributed by atoms with van der Waals surface area (Å²) >= 11 is 0. The summed E-state index contributed by atoms with van der Waals surface area (Å²) in [4.78, 5) is 65.6. The van der Waals surface area contributed by atoms with Crippen molar-refractivity contribution >= 4 is 30.1 Å². The molecule has 8 unspecified atom stereocenters. The zero-order valence-electron chi connectivity index (χ0n) is 34.5. The summed E-state index contributed by atoms with van der Waals surface area (Å²) in [5, 5.41) is 18.0. The zero-order valence-corrected chi connectivity index (χ0v) is 34.5. The van der Waals surface area contributed by atoms with Crippen LogP contribution in [0.5, 0.6) is 0 Å². The number of carboxylic acids is 1. The quantitative estimate of drug-likeness (QED) is 0.144. The molecule has 4 N–H and O–H groups in total. The number of amides is 4. The monoisotopic (exact) mass is 750 g/mol. The Balaban J connectivity index is 0.00000238. The van der Waals surface area contributed by atoms with Crippen LogP contribution in [0.25, 0.3) is 0 Å². The molecule has 1 aliphatic rings. The fourth-order valence-corrected chi connectivity index (χ4v) is 6.27. The normalized spacial score (nSPS) is 17.7. The number of ether oxygens (including phenoxy) is 2. The minimum Gasteiger partial charge on any atom is -0.480 e. The number of methoxy groups -OCH3 is 2. The minimum atomic E-state index is -1.14. The molecule has 53 heavy (non-hydrogen) atoms. The number of nitrogens with zero attached hydrogens (tertiary/aromatic N) is 2. The molecule has 13 heteroatoms. The Labute approximate surface area is 319 Å². The predicted octanol–water partition coefficient (Wildman–Crippen LogP) is 4.13. The lowest BCUT2D eigenvalue weighted by molar-refractivity contribution is -0.146. The van der Waals surface area contributed by atoms with Crippen LogP contribution in [0, 0.1) is 17.8 Å². The number of hydrogen-bond acceptors (Lipinski definition) is 8. The minimum absolute atomic E-state index is 0.00538. The summed E-state index contributed by atoms with van der Waals surface area (Å²) in [6.45, 7) is 16.8. The van der Waals surface area contributed by atoms with Crippen molar-refractivity contribution in [3.8, 4) is 0 Å². The molecule has 0 aliphatic carbocycles. The molecule has 0 aromatic heterocycles. The van der Waals surface area contributed by atoms with Gasteiger partial charge < -0.3 is 40.3 Å². The molecular formula is C40H71N5O8. The van der Waals surface area contributed by atoms with Gasteiger partial charge in [-0.1, -0.05) is 91.6 Å². The summed E-state index contributed by atoms with van der Waals surface area (Å²) in [5.41, 5.74) is 0.787. The highest BCUT2D eigenvalue weighted by atomic mass is 16.5. The van der Waals surface area contributed by atoms with Gasteiger partial charge in [-0.05, 0) is 44.2 Å². The van der Waals surface area contributed by atoms with Crippen LogP contribution >= 0.6 is 0 Å². The zero-order chi connectivity index (χ0) is 40.7. The Morgan fingerprint density at radius 3 is 2.08 bits per heavy atom. The highest BCUT2D eigenvalue weighted by Crippen LogP contribution is 2.29. The van der Waals surface area contributed by atoms with E-state index in [4.69, 9.17) is 9.47 Å². The molecule has 304 valence electrons. The number of hydrogen-bond donors (Lipinski definition) is 4. The molecule has 2 rings (SSSR count). The van der Waals surface area contributed by atoms with Gasteiger partial charge >= 0.3 is 5.97 Å². The van der Waals surface area contributed by atoms with Gasteiger partial charge in [0.2, 0.25) is 24.1 Å². The number of nitrogens with one attached hydrogen (secondary N) is 3. The van der Waals surface area contributed by atoms with Crippen molar-refractivity contribution in [2.75, 3.05) is 41.4 Å². The van der Waals surface area contributed by atoms with Gasteiger partial charge in [0.25, 0.3) is 0 Å². The molecule has 8 atom stereocenters. The predicted molar refractivity (Wildman–Crippen MR) is 209 cm³/mol. The maximum Gasteiger partial charge on any atom is 0.326 e. The molecule has 1 fully saturated rings. The van der Waals surface area contributed by atoms with Crippen LogP contribution in [0.4, 0.5) is 0 Å². The molecule has 1 aromatic carbocycles. The molecule has 1 saturated heterocycles. The third kappa shape index (κ3) is 17.0. The number of rotatable bonds is 20. The van der Waals surface area contributed by atoms with Gasteiger partial charge in [0.05, 0.1) is 43.2 Å². The third-order valence-electron chi connectivity index (χ3n) is 9.99. The van der Waals surface area contributed by atoms with Crippen molar-refractivity contribution in [1.82, 2.24) is 25.8 Å². The Morgan fingerprint density at radius 1 is 1.02 bits per heavy atom. The fraction of sp³-hybridized carbons (Fsp3) is 0.725. The molecule has 0 spiro atoms. The Bertz CT molecular complexity index is 1200. The Kier molecular flexibility index (Phi) is 25.3. The lowest BCUT2D eigenvalue weighted by Crippen LogP contribution is -2.54. The second kappa shape index (κ2) is 27.1. The fourth-order valence-electron chi connectivity index (χ4n) is 6.27. The SMILES string of the molecule is CCC.CCC(C)C(C(CC(=O)N1CCCC1C(OC)C(C)C(=O)NC(Cc1ccccc1)C(=O)O)OC)N(C)C(=O)CNC=O.CNC(C)C(C)C. The molecule has 0 bridgehead atoms. The standard InChI is InChI=1S/C31H48N4O8.C6H15N.C3H8/c1-7-20(2)28(34(4)27(38)18-32-19-36)25(42-5)17-26(37)35-15-11-14-24(35)29(43-6)21(3)30(39)33-23(31(40)41)16-22-12-9-8-10-13-22;1-5(2)6(3)7-4;1-3-2/h8-10,12-13,19-21,23-25,28-29H,7,11,14-18H2,1-6H3,(H,32,36)(H,33,39)(H,40,41);5-7H,1-4H3;3H2,1-2H3. The average molecular weight is 750 g/mol. The van der Waals surface area contributed by atoms with E-state index in [1.807, 2.05) is 39.1 Å². The van der Waals surface area contributed by atoms with E-state index >= 15 is 0 Å². The molecule has 1 aliphatic heterocycles. The van der Waals surface area contributed by atoms with Crippen LogP contribution < -0.4 is 16.0 Å². The first-order valence-electron chi connectivity index (χ1n) is 19.1. The first kappa shape index (κ1) is 49.5. The molecule has 1 aromatic rings. The molecule has 0 radical (unpaired) electrons. The van der Waals surface area contributed by atoms with Gasteiger partial charge in [0.1, 0.15) is 6.04 Å². The number of likely N-dealkylation sites (tertiary alicyclic amines) is 1. The van der Waals surface area contributed by atoms with Gasteiger partial charge in [0.15, 0.2) is 0 Å². The molecular weight excluding hydrogens is 678 g/mol. The maximum absolute atomic E-state index is 13.7. The van der Waals surface area contributed by atoms with Crippen LogP contribution in [-0.2, 0) is 39.9 Å². The van der Waals surface area contributed by atoms with E-state index in [2.05, 4.69) is 50.6 Å². The maximum atomic E-state index is 13.7. The van der Waals surface area contributed by atoms with Crippen LogP contribution in [0.1, 0.15) is 93.1 Å². The highest BCUT2D eigenvalue weighted by Gasteiger charge is 2.42. The number of aliphatic carboxylic acids is 1. The van der Waals surface area contributed by atoms with Gasteiger partial charge in [0, 0.05) is 40.3 Å². The van der Waals surface area contributed by atoms with Gasteiger partial charge in [-0.25, -0.2) is 4.79 Å². The molecule has 1 heterocycles. The number of benzene rings is 1. The summed E-state index contributed by atoms with van der Waals surface area (Å²) in [7, 11) is 6.63. The van der Waals surface area contributed by atoms with E-state index in [9.17, 15) is 29.1 Å². The first-order valence-corrected chi connectivity index (χ1v) is 19.1. The highest BCUT2D eigenvalue weighted by molar-refractivity contribution is 5.85. The second-order valence-corrected chi connectivity index (χ2v) is 14.3. The van der Waals surface area contributed by atoms with Crippen molar-refractivity contribution in [3.63, 3.8) is 0 Å². The lowest BCUT2D eigenvalue weighted by atomic mass is 9.90. The van der Waals surface area contributed by atoms with E-state index < -0.39 is 48.1 Å². The summed E-state index contributed by atoms with van der Waals surface area (Å²) in [6, 6.07) is 7.80. The summed E-state index contributed by atoms with van der Waals surface area (Å²) in [5.74, 6) is -2.06. The number of carbonyl (C=O) groups is 5. The smallest absolute Gasteiger partial charge is 0.326 e. The van der Waals surface area contributed by atoms with Crippen LogP contribution in [-0.4, -0.2) is 123 Å². The van der Waals surface area contributed by atoms with Crippen molar-refractivity contribution < 1.29 is 38.6 Å². The lowest BCUT2D eigenvalue weighted by Gasteiger charge is -2.39. The van der Waals surface area contributed by atoms with Crippen molar-refractivity contribution in [2.24, 2.45) is 17.8 Å². The number of carboxylic acid groups (broad SMARTS) is 1. The van der Waals surface area contributed by atoms with E-state index in [1.54, 1.807) is 31.0 Å². The van der Waals surface area contributed by atoms with E-state index in [-0.39, 0.29) is 37.1 Å². The van der Waals surface area contributed by atoms with Crippen molar-refractivity contribution in [3.05, 3.63) is 35.9 Å². The Morgan fingerprint density at radius 2 is 1.62 bits per heavy atom. The van der Waals surface area contributed by atoms with Crippen molar-refractivity contribution in [1.29, 1.82) is 0 Å². The number of carbonyl (C=O) groups excluding carboxylic acids is 4. The molecule has 4 amide bonds.